The fourth-order valence-corrected chi connectivity index (χ4v) is 2.94. The molecule has 1 atom stereocenters. The highest BCUT2D eigenvalue weighted by atomic mass is 16.6. The van der Waals surface area contributed by atoms with Crippen molar-refractivity contribution in [1.82, 2.24) is 0 Å². The Balaban J connectivity index is 1.83. The quantitative estimate of drug-likeness (QED) is 0.430. The molecule has 2 aromatic rings. The summed E-state index contributed by atoms with van der Waals surface area (Å²) < 4.78 is 10.5. The van der Waals surface area contributed by atoms with E-state index in [0.717, 1.165) is 12.8 Å². The normalized spacial score (nSPS) is 15.3. The van der Waals surface area contributed by atoms with Crippen molar-refractivity contribution in [2.75, 3.05) is 6.61 Å². The molecule has 0 bridgehead atoms. The maximum Gasteiger partial charge on any atom is 0.339 e. The zero-order valence-electron chi connectivity index (χ0n) is 14.6. The summed E-state index contributed by atoms with van der Waals surface area (Å²) in [6.45, 7) is 2.36. The van der Waals surface area contributed by atoms with Crippen molar-refractivity contribution >= 4 is 17.7 Å². The molecule has 0 saturated heterocycles. The molecular formula is C21H20O5. The van der Waals surface area contributed by atoms with Gasteiger partial charge in [0.2, 0.25) is 0 Å². The predicted octanol–water partition coefficient (Wildman–Crippen LogP) is 3.86. The molecule has 0 radical (unpaired) electrons. The molecule has 1 heterocycles. The fraction of sp³-hybridized carbons (Fsp3) is 0.286. The Morgan fingerprint density at radius 3 is 2.58 bits per heavy atom. The van der Waals surface area contributed by atoms with E-state index in [-0.39, 0.29) is 17.8 Å². The monoisotopic (exact) mass is 352 g/mol. The minimum absolute atomic E-state index is 0.0502. The number of cyclic esters (lactones) is 1. The summed E-state index contributed by atoms with van der Waals surface area (Å²) in [4.78, 5) is 37.1. The molecule has 0 aromatic heterocycles. The molecule has 5 heteroatoms. The molecule has 3 rings (SSSR count). The van der Waals surface area contributed by atoms with Crippen LogP contribution in [0.3, 0.4) is 0 Å². The van der Waals surface area contributed by atoms with Gasteiger partial charge in [0.05, 0.1) is 18.6 Å². The summed E-state index contributed by atoms with van der Waals surface area (Å²) in [5.74, 6) is -1.24. The molecule has 1 aliphatic rings. The average Bonchev–Trinajstić information content (AvgIpc) is 2.98. The van der Waals surface area contributed by atoms with Gasteiger partial charge in [-0.05, 0) is 6.42 Å². The number of ketones is 1. The lowest BCUT2D eigenvalue weighted by Crippen LogP contribution is -2.11. The molecule has 26 heavy (non-hydrogen) atoms. The van der Waals surface area contributed by atoms with Crippen molar-refractivity contribution in [3.05, 3.63) is 70.8 Å². The highest BCUT2D eigenvalue weighted by Crippen LogP contribution is 2.36. The molecule has 5 nitrogen and oxygen atoms in total. The third-order valence-electron chi connectivity index (χ3n) is 4.29. The first-order chi connectivity index (χ1) is 12.6. The lowest BCUT2D eigenvalue weighted by Gasteiger charge is -2.10. The van der Waals surface area contributed by atoms with Gasteiger partial charge in [-0.2, -0.15) is 0 Å². The Labute approximate surface area is 151 Å². The van der Waals surface area contributed by atoms with Crippen LogP contribution in [0, 0.1) is 0 Å². The van der Waals surface area contributed by atoms with E-state index in [1.165, 1.54) is 0 Å². The smallest absolute Gasteiger partial charge is 0.339 e. The summed E-state index contributed by atoms with van der Waals surface area (Å²) in [5, 5.41) is 0. The van der Waals surface area contributed by atoms with Gasteiger partial charge < -0.3 is 9.47 Å². The number of benzene rings is 2. The zero-order valence-corrected chi connectivity index (χ0v) is 14.6. The van der Waals surface area contributed by atoms with Crippen molar-refractivity contribution in [2.45, 2.75) is 32.3 Å². The Kier molecular flexibility index (Phi) is 5.46. The second-order valence-electron chi connectivity index (χ2n) is 6.14. The first-order valence-electron chi connectivity index (χ1n) is 8.71. The molecule has 0 amide bonds. The molecule has 0 saturated carbocycles. The number of carbonyl (C=O) groups is 3. The number of carbonyl (C=O) groups excluding carboxylic acids is 3. The molecule has 0 N–H and O–H groups in total. The Morgan fingerprint density at radius 1 is 1.08 bits per heavy atom. The zero-order chi connectivity index (χ0) is 18.5. The van der Waals surface area contributed by atoms with Crippen LogP contribution in [0.5, 0.6) is 0 Å². The molecule has 134 valence electrons. The number of hydrogen-bond donors (Lipinski definition) is 0. The van der Waals surface area contributed by atoms with Gasteiger partial charge in [-0.15, -0.1) is 0 Å². The Morgan fingerprint density at radius 2 is 1.85 bits per heavy atom. The molecule has 2 aromatic carbocycles. The van der Waals surface area contributed by atoms with Crippen LogP contribution in [0.1, 0.15) is 64.1 Å². The lowest BCUT2D eigenvalue weighted by molar-refractivity contribution is -0.145. The van der Waals surface area contributed by atoms with Gasteiger partial charge in [0.15, 0.2) is 5.78 Å². The largest absolute Gasteiger partial charge is 0.466 e. The van der Waals surface area contributed by atoms with Crippen LogP contribution in [0.25, 0.3) is 0 Å². The minimum Gasteiger partial charge on any atom is -0.466 e. The topological polar surface area (TPSA) is 69.7 Å². The highest BCUT2D eigenvalue weighted by Gasteiger charge is 2.36. The number of fused-ring (bicyclic) bond motifs is 1. The van der Waals surface area contributed by atoms with Gasteiger partial charge in [0.25, 0.3) is 0 Å². The van der Waals surface area contributed by atoms with E-state index in [0.29, 0.717) is 23.3 Å². The standard InChI is InChI=1S/C21H20O5/c1-2-3-12-25-18(22)13-17-15-10-7-11-16(19(15)21(24)26-17)20(23)14-8-5-4-6-9-14/h4-11,17H,2-3,12-13H2,1H3/t17-/m0/s1. The summed E-state index contributed by atoms with van der Waals surface area (Å²) in [7, 11) is 0. The fourth-order valence-electron chi connectivity index (χ4n) is 2.94. The van der Waals surface area contributed by atoms with E-state index in [1.807, 2.05) is 13.0 Å². The maximum atomic E-state index is 12.8. The van der Waals surface area contributed by atoms with Crippen LogP contribution < -0.4 is 0 Å². The van der Waals surface area contributed by atoms with E-state index < -0.39 is 18.0 Å². The van der Waals surface area contributed by atoms with Crippen molar-refractivity contribution < 1.29 is 23.9 Å². The highest BCUT2D eigenvalue weighted by molar-refractivity contribution is 6.15. The van der Waals surface area contributed by atoms with Crippen molar-refractivity contribution in [2.24, 2.45) is 0 Å². The number of rotatable bonds is 7. The van der Waals surface area contributed by atoms with Crippen molar-refractivity contribution in [3.63, 3.8) is 0 Å². The summed E-state index contributed by atoms with van der Waals surface area (Å²) >= 11 is 0. The van der Waals surface area contributed by atoms with Gasteiger partial charge in [-0.25, -0.2) is 4.79 Å². The van der Waals surface area contributed by atoms with Gasteiger partial charge >= 0.3 is 11.9 Å². The number of unbranched alkanes of at least 4 members (excludes halogenated alkanes) is 1. The van der Waals surface area contributed by atoms with Gasteiger partial charge in [-0.1, -0.05) is 61.9 Å². The molecule has 0 spiro atoms. The number of esters is 2. The van der Waals surface area contributed by atoms with Crippen molar-refractivity contribution in [1.29, 1.82) is 0 Å². The Hall–Kier alpha value is -2.95. The van der Waals surface area contributed by atoms with Gasteiger partial charge in [0, 0.05) is 16.7 Å². The van der Waals surface area contributed by atoms with Crippen LogP contribution in [0.2, 0.25) is 0 Å². The van der Waals surface area contributed by atoms with Crippen molar-refractivity contribution in [3.8, 4) is 0 Å². The van der Waals surface area contributed by atoms with E-state index >= 15 is 0 Å². The van der Waals surface area contributed by atoms with Gasteiger partial charge in [-0.3, -0.25) is 9.59 Å². The molecule has 0 fully saturated rings. The Bertz CT molecular complexity index is 826. The summed E-state index contributed by atoms with van der Waals surface area (Å²) in [6.07, 6.45) is 0.961. The molecule has 0 aliphatic carbocycles. The van der Waals surface area contributed by atoms with E-state index in [9.17, 15) is 14.4 Å². The average molecular weight is 352 g/mol. The lowest BCUT2D eigenvalue weighted by atomic mass is 9.93. The third kappa shape index (κ3) is 3.67. The third-order valence-corrected chi connectivity index (χ3v) is 4.29. The second-order valence-corrected chi connectivity index (χ2v) is 6.14. The van der Waals surface area contributed by atoms with Crippen LogP contribution in [0.15, 0.2) is 48.5 Å². The minimum atomic E-state index is -0.713. The van der Waals surface area contributed by atoms with Crippen LogP contribution in [-0.2, 0) is 14.3 Å². The molecular weight excluding hydrogens is 332 g/mol. The first-order valence-corrected chi connectivity index (χ1v) is 8.71. The summed E-state index contributed by atoms with van der Waals surface area (Å²) in [6, 6.07) is 13.8. The van der Waals surface area contributed by atoms with E-state index in [2.05, 4.69) is 0 Å². The molecule has 0 unspecified atom stereocenters. The second kappa shape index (κ2) is 7.95. The maximum absolute atomic E-state index is 12.8. The summed E-state index contributed by atoms with van der Waals surface area (Å²) in [5.41, 5.74) is 1.59. The molecule has 1 aliphatic heterocycles. The van der Waals surface area contributed by atoms with Gasteiger partial charge in [0.1, 0.15) is 6.10 Å². The number of ether oxygens (including phenoxy) is 2. The van der Waals surface area contributed by atoms with Crippen LogP contribution >= 0.6 is 0 Å². The first kappa shape index (κ1) is 17.9. The van der Waals surface area contributed by atoms with Crippen LogP contribution in [0.4, 0.5) is 0 Å². The predicted molar refractivity (Wildman–Crippen MR) is 95.0 cm³/mol. The van der Waals surface area contributed by atoms with E-state index in [4.69, 9.17) is 9.47 Å². The van der Waals surface area contributed by atoms with E-state index in [1.54, 1.807) is 42.5 Å². The SMILES string of the molecule is CCCCOC(=O)C[C@@H]1OC(=O)c2c(C(=O)c3ccccc3)cccc21. The number of hydrogen-bond acceptors (Lipinski definition) is 5. The van der Waals surface area contributed by atoms with Crippen LogP contribution in [-0.4, -0.2) is 24.3 Å².